The summed E-state index contributed by atoms with van der Waals surface area (Å²) in [5, 5.41) is 15.6. The van der Waals surface area contributed by atoms with Gasteiger partial charge in [-0.3, -0.25) is 4.79 Å². The van der Waals surface area contributed by atoms with Gasteiger partial charge in [-0.1, -0.05) is 23.4 Å². The summed E-state index contributed by atoms with van der Waals surface area (Å²) in [5.74, 6) is 0.454. The van der Waals surface area contributed by atoms with E-state index in [2.05, 4.69) is 10.5 Å². The lowest BCUT2D eigenvalue weighted by Gasteiger charge is -2.07. The Morgan fingerprint density at radius 1 is 1.19 bits per heavy atom. The number of benzene rings is 1. The minimum Gasteiger partial charge on any atom is -0.461 e. The summed E-state index contributed by atoms with van der Waals surface area (Å²) in [6.07, 6.45) is 1.51. The summed E-state index contributed by atoms with van der Waals surface area (Å²) in [7, 11) is 0. The molecule has 0 spiro atoms. The third-order valence-corrected chi connectivity index (χ3v) is 2.94. The maximum Gasteiger partial charge on any atom is 0.277 e. The zero-order valence-electron chi connectivity index (χ0n) is 10.9. The number of aliphatic hydroxyl groups is 1. The van der Waals surface area contributed by atoms with Crippen LogP contribution in [0.1, 0.15) is 16.1 Å². The van der Waals surface area contributed by atoms with Crippen LogP contribution in [0.2, 0.25) is 0 Å². The van der Waals surface area contributed by atoms with Crippen LogP contribution in [0.4, 0.5) is 5.69 Å². The summed E-state index contributed by atoms with van der Waals surface area (Å²) >= 11 is 0. The molecule has 0 saturated carbocycles. The Balaban J connectivity index is 1.80. The standard InChI is InChI=1S/C15H12N2O4/c18-9-10-4-1-2-5-11(10)16-15(19)12-8-14(21-17-12)13-6-3-7-20-13/h1-8,18H,9H2,(H,16,19). The Hall–Kier alpha value is -2.86. The molecule has 1 amide bonds. The van der Waals surface area contributed by atoms with Gasteiger partial charge in [0.05, 0.1) is 12.9 Å². The molecular weight excluding hydrogens is 272 g/mol. The molecule has 2 N–H and O–H groups in total. The molecule has 0 saturated heterocycles. The lowest BCUT2D eigenvalue weighted by atomic mass is 10.2. The highest BCUT2D eigenvalue weighted by Crippen LogP contribution is 2.21. The average Bonchev–Trinajstić information content (AvgIpc) is 3.18. The lowest BCUT2D eigenvalue weighted by Crippen LogP contribution is -2.13. The first-order valence-corrected chi connectivity index (χ1v) is 6.28. The number of rotatable bonds is 4. The number of hydrogen-bond acceptors (Lipinski definition) is 5. The maximum atomic E-state index is 12.1. The van der Waals surface area contributed by atoms with Crippen LogP contribution in [0.5, 0.6) is 0 Å². The van der Waals surface area contributed by atoms with Gasteiger partial charge in [0.1, 0.15) is 0 Å². The molecule has 0 bridgehead atoms. The van der Waals surface area contributed by atoms with Crippen molar-refractivity contribution in [2.45, 2.75) is 6.61 Å². The van der Waals surface area contributed by atoms with Gasteiger partial charge in [-0.25, -0.2) is 0 Å². The van der Waals surface area contributed by atoms with Crippen LogP contribution < -0.4 is 5.32 Å². The molecule has 3 rings (SSSR count). The van der Waals surface area contributed by atoms with E-state index in [9.17, 15) is 9.90 Å². The van der Waals surface area contributed by atoms with Crippen LogP contribution in [0.15, 0.2) is 57.7 Å². The van der Waals surface area contributed by atoms with E-state index in [0.29, 0.717) is 22.8 Å². The molecule has 0 unspecified atom stereocenters. The molecule has 2 aromatic heterocycles. The second-order valence-electron chi connectivity index (χ2n) is 4.32. The van der Waals surface area contributed by atoms with Crippen LogP contribution in [-0.2, 0) is 6.61 Å². The van der Waals surface area contributed by atoms with Gasteiger partial charge in [-0.15, -0.1) is 0 Å². The van der Waals surface area contributed by atoms with E-state index >= 15 is 0 Å². The van der Waals surface area contributed by atoms with Crippen LogP contribution in [0, 0.1) is 0 Å². The monoisotopic (exact) mass is 284 g/mol. The van der Waals surface area contributed by atoms with E-state index < -0.39 is 5.91 Å². The molecule has 6 nitrogen and oxygen atoms in total. The number of carbonyl (C=O) groups is 1. The van der Waals surface area contributed by atoms with Gasteiger partial charge in [0, 0.05) is 17.3 Å². The van der Waals surface area contributed by atoms with Crippen molar-refractivity contribution in [3.8, 4) is 11.5 Å². The van der Waals surface area contributed by atoms with Crippen molar-refractivity contribution in [3.05, 3.63) is 60.0 Å². The first kappa shape index (κ1) is 13.1. The Morgan fingerprint density at radius 3 is 2.81 bits per heavy atom. The average molecular weight is 284 g/mol. The SMILES string of the molecule is O=C(Nc1ccccc1CO)c1cc(-c2ccco2)on1. The fourth-order valence-electron chi connectivity index (χ4n) is 1.88. The number of para-hydroxylation sites is 1. The smallest absolute Gasteiger partial charge is 0.277 e. The van der Waals surface area contributed by atoms with Gasteiger partial charge in [0.25, 0.3) is 5.91 Å². The molecule has 6 heteroatoms. The third kappa shape index (κ3) is 2.70. The zero-order chi connectivity index (χ0) is 14.7. The van der Waals surface area contributed by atoms with E-state index in [1.807, 2.05) is 0 Å². The number of amides is 1. The molecule has 0 aliphatic heterocycles. The van der Waals surface area contributed by atoms with E-state index in [4.69, 9.17) is 8.94 Å². The Bertz CT molecular complexity index is 747. The number of aromatic nitrogens is 1. The molecule has 0 fully saturated rings. The van der Waals surface area contributed by atoms with E-state index in [1.54, 1.807) is 36.4 Å². The van der Waals surface area contributed by atoms with Crippen LogP contribution >= 0.6 is 0 Å². The van der Waals surface area contributed by atoms with Gasteiger partial charge in [0.2, 0.25) is 5.76 Å². The highest BCUT2D eigenvalue weighted by Gasteiger charge is 2.16. The van der Waals surface area contributed by atoms with Crippen LogP contribution in [0.3, 0.4) is 0 Å². The lowest BCUT2D eigenvalue weighted by molar-refractivity contribution is 0.101. The Kier molecular flexibility index (Phi) is 3.53. The predicted molar refractivity (Wildman–Crippen MR) is 74.5 cm³/mol. The van der Waals surface area contributed by atoms with Crippen molar-refractivity contribution in [2.24, 2.45) is 0 Å². The molecule has 0 aliphatic carbocycles. The first-order valence-electron chi connectivity index (χ1n) is 6.28. The highest BCUT2D eigenvalue weighted by atomic mass is 16.5. The Morgan fingerprint density at radius 2 is 2.05 bits per heavy atom. The fraction of sp³-hybridized carbons (Fsp3) is 0.0667. The second-order valence-corrected chi connectivity index (χ2v) is 4.32. The first-order chi connectivity index (χ1) is 10.3. The van der Waals surface area contributed by atoms with Crippen LogP contribution in [0.25, 0.3) is 11.5 Å². The molecule has 2 heterocycles. The molecular formula is C15H12N2O4. The second kappa shape index (κ2) is 5.64. The van der Waals surface area contributed by atoms with Gasteiger partial charge >= 0.3 is 0 Å². The van der Waals surface area contributed by atoms with Gasteiger partial charge in [-0.2, -0.15) is 0 Å². The zero-order valence-corrected chi connectivity index (χ0v) is 10.9. The quantitative estimate of drug-likeness (QED) is 0.769. The van der Waals surface area contributed by atoms with Gasteiger partial charge in [0.15, 0.2) is 11.5 Å². The molecule has 0 atom stereocenters. The van der Waals surface area contributed by atoms with Crippen molar-refractivity contribution in [1.82, 2.24) is 5.16 Å². The molecule has 0 aliphatic rings. The minimum atomic E-state index is -0.419. The number of nitrogens with zero attached hydrogens (tertiary/aromatic N) is 1. The summed E-state index contributed by atoms with van der Waals surface area (Å²) in [4.78, 5) is 12.1. The van der Waals surface area contributed by atoms with Crippen molar-refractivity contribution in [1.29, 1.82) is 0 Å². The predicted octanol–water partition coefficient (Wildman–Crippen LogP) is 2.68. The van der Waals surface area contributed by atoms with E-state index in [-0.39, 0.29) is 12.3 Å². The van der Waals surface area contributed by atoms with Crippen molar-refractivity contribution in [2.75, 3.05) is 5.32 Å². The largest absolute Gasteiger partial charge is 0.461 e. The van der Waals surface area contributed by atoms with Crippen molar-refractivity contribution >= 4 is 11.6 Å². The molecule has 3 aromatic rings. The number of anilines is 1. The fourth-order valence-corrected chi connectivity index (χ4v) is 1.88. The number of nitrogens with one attached hydrogen (secondary N) is 1. The maximum absolute atomic E-state index is 12.1. The number of aliphatic hydroxyl groups excluding tert-OH is 1. The summed E-state index contributed by atoms with van der Waals surface area (Å²) in [6.45, 7) is -0.160. The normalized spacial score (nSPS) is 10.5. The molecule has 1 aromatic carbocycles. The van der Waals surface area contributed by atoms with E-state index in [1.165, 1.54) is 12.3 Å². The van der Waals surface area contributed by atoms with Crippen LogP contribution in [-0.4, -0.2) is 16.2 Å². The highest BCUT2D eigenvalue weighted by molar-refractivity contribution is 6.03. The van der Waals surface area contributed by atoms with Crippen molar-refractivity contribution < 1.29 is 18.8 Å². The van der Waals surface area contributed by atoms with Gasteiger partial charge < -0.3 is 19.4 Å². The minimum absolute atomic E-state index is 0.133. The molecule has 21 heavy (non-hydrogen) atoms. The topological polar surface area (TPSA) is 88.5 Å². The molecule has 0 radical (unpaired) electrons. The van der Waals surface area contributed by atoms with Crippen molar-refractivity contribution in [3.63, 3.8) is 0 Å². The van der Waals surface area contributed by atoms with E-state index in [0.717, 1.165) is 0 Å². The number of carbonyl (C=O) groups excluding carboxylic acids is 1. The summed E-state index contributed by atoms with van der Waals surface area (Å²) in [5.41, 5.74) is 1.29. The van der Waals surface area contributed by atoms with Gasteiger partial charge in [-0.05, 0) is 18.2 Å². The molecule has 106 valence electrons. The number of hydrogen-bond donors (Lipinski definition) is 2. The Labute approximate surface area is 120 Å². The summed E-state index contributed by atoms with van der Waals surface area (Å²) < 4.78 is 10.2. The number of furan rings is 1. The summed E-state index contributed by atoms with van der Waals surface area (Å²) in [6, 6.07) is 11.9. The third-order valence-electron chi connectivity index (χ3n) is 2.94.